The Balaban J connectivity index is 2.26. The number of halogens is 3. The standard InChI is InChI=1S/C12H8F3N2O.3CH3.Sn/c1-8-16-7-6-11(17-8)18-10-4-2-9(3-5-10)12(13,14)15;;;;/h2-6H,1H3;3*1H3;. The summed E-state index contributed by atoms with van der Waals surface area (Å²) in [6.07, 6.45) is -4.35. The molecule has 0 aliphatic heterocycles. The van der Waals surface area contributed by atoms with Crippen LogP contribution >= 0.6 is 0 Å². The summed E-state index contributed by atoms with van der Waals surface area (Å²) in [5.41, 5.74) is -0.703. The second-order valence-corrected chi connectivity index (χ2v) is 20.3. The third-order valence-electron chi connectivity index (χ3n) is 2.99. The number of aryl methyl sites for hydroxylation is 1. The molecule has 0 spiro atoms. The van der Waals surface area contributed by atoms with Crippen molar-refractivity contribution in [3.05, 3.63) is 41.7 Å². The Morgan fingerprint density at radius 3 is 2.09 bits per heavy atom. The summed E-state index contributed by atoms with van der Waals surface area (Å²) < 4.78 is 44.2. The van der Waals surface area contributed by atoms with Gasteiger partial charge in [0.2, 0.25) is 0 Å². The Morgan fingerprint density at radius 2 is 1.59 bits per heavy atom. The molecule has 0 saturated heterocycles. The number of aromatic nitrogens is 2. The van der Waals surface area contributed by atoms with Crippen LogP contribution in [0.25, 0.3) is 0 Å². The number of nitrogens with zero attached hydrogens (tertiary/aromatic N) is 2. The van der Waals surface area contributed by atoms with Crippen LogP contribution < -0.4 is 8.45 Å². The van der Waals surface area contributed by atoms with Crippen molar-refractivity contribution in [3.63, 3.8) is 0 Å². The third-order valence-corrected chi connectivity index (χ3v) is 8.10. The molecule has 0 aliphatic carbocycles. The number of benzene rings is 1. The molecule has 1 aromatic carbocycles. The monoisotopic (exact) mass is 418 g/mol. The van der Waals surface area contributed by atoms with Crippen LogP contribution in [0.1, 0.15) is 11.4 Å². The molecular weight excluding hydrogens is 400 g/mol. The van der Waals surface area contributed by atoms with E-state index in [0.29, 0.717) is 17.5 Å². The minimum absolute atomic E-state index is 0.321. The molecule has 0 aliphatic rings. The van der Waals surface area contributed by atoms with E-state index < -0.39 is 30.1 Å². The van der Waals surface area contributed by atoms with Crippen molar-refractivity contribution in [2.45, 2.75) is 27.9 Å². The average Bonchev–Trinajstić information content (AvgIpc) is 2.36. The van der Waals surface area contributed by atoms with Gasteiger partial charge in [-0.3, -0.25) is 0 Å². The van der Waals surface area contributed by atoms with Crippen molar-refractivity contribution in [1.82, 2.24) is 9.97 Å². The summed E-state index contributed by atoms with van der Waals surface area (Å²) in [6, 6.07) is 6.36. The van der Waals surface area contributed by atoms with E-state index in [1.165, 1.54) is 12.1 Å². The molecule has 0 fully saturated rings. The number of alkyl halides is 3. The normalized spacial score (nSPS) is 12.3. The van der Waals surface area contributed by atoms with Gasteiger partial charge < -0.3 is 0 Å². The summed E-state index contributed by atoms with van der Waals surface area (Å²) in [4.78, 5) is 15.3. The molecule has 7 heteroatoms. The van der Waals surface area contributed by atoms with Gasteiger partial charge in [0.15, 0.2) is 0 Å². The van der Waals surface area contributed by atoms with E-state index in [4.69, 9.17) is 4.74 Å². The number of ether oxygens (including phenoxy) is 1. The molecule has 1 aromatic heterocycles. The van der Waals surface area contributed by atoms with E-state index in [-0.39, 0.29) is 0 Å². The van der Waals surface area contributed by atoms with E-state index in [1.54, 1.807) is 13.0 Å². The number of rotatable bonds is 3. The molecule has 22 heavy (non-hydrogen) atoms. The molecule has 2 rings (SSSR count). The summed E-state index contributed by atoms with van der Waals surface area (Å²) in [7, 11) is 0. The first-order valence-corrected chi connectivity index (χ1v) is 16.8. The molecule has 0 radical (unpaired) electrons. The first-order chi connectivity index (χ1) is 10.1. The van der Waals surface area contributed by atoms with Crippen LogP contribution in [-0.2, 0) is 6.18 Å². The van der Waals surface area contributed by atoms with Crippen molar-refractivity contribution in [3.8, 4) is 11.6 Å². The second-order valence-electron chi connectivity index (χ2n) is 6.01. The van der Waals surface area contributed by atoms with Crippen LogP contribution in [0.4, 0.5) is 13.2 Å². The van der Waals surface area contributed by atoms with Crippen LogP contribution in [0, 0.1) is 6.92 Å². The van der Waals surface area contributed by atoms with Gasteiger partial charge >= 0.3 is 131 Å². The molecule has 0 atom stereocenters. The first kappa shape index (κ1) is 17.0. The molecular formula is C15H17F3N2OSn. The molecule has 0 saturated carbocycles. The number of hydrogen-bond donors (Lipinski definition) is 0. The van der Waals surface area contributed by atoms with Crippen LogP contribution in [0.2, 0.25) is 14.8 Å². The molecule has 0 bridgehead atoms. The Kier molecular flexibility index (Phi) is 4.70. The fourth-order valence-electron chi connectivity index (χ4n) is 1.81. The maximum absolute atomic E-state index is 12.5. The van der Waals surface area contributed by atoms with E-state index >= 15 is 0 Å². The van der Waals surface area contributed by atoms with Gasteiger partial charge in [0.05, 0.1) is 0 Å². The maximum atomic E-state index is 12.5. The molecule has 0 N–H and O–H groups in total. The Hall–Kier alpha value is -1.31. The third kappa shape index (κ3) is 4.34. The van der Waals surface area contributed by atoms with Gasteiger partial charge in [0, 0.05) is 0 Å². The van der Waals surface area contributed by atoms with Crippen LogP contribution in [0.15, 0.2) is 30.3 Å². The number of hydrogen-bond acceptors (Lipinski definition) is 3. The Morgan fingerprint density at radius 1 is 1.00 bits per heavy atom. The average molecular weight is 417 g/mol. The van der Waals surface area contributed by atoms with Gasteiger partial charge in [-0.2, -0.15) is 0 Å². The van der Waals surface area contributed by atoms with Crippen LogP contribution in [0.3, 0.4) is 0 Å². The van der Waals surface area contributed by atoms with Gasteiger partial charge in [0.1, 0.15) is 0 Å². The van der Waals surface area contributed by atoms with Crippen LogP contribution in [-0.4, -0.2) is 28.3 Å². The zero-order chi connectivity index (χ0) is 16.5. The summed E-state index contributed by atoms with van der Waals surface area (Å²) in [6.45, 7) is 1.78. The van der Waals surface area contributed by atoms with Crippen molar-refractivity contribution in [2.75, 3.05) is 0 Å². The topological polar surface area (TPSA) is 35.0 Å². The van der Waals surface area contributed by atoms with Gasteiger partial charge in [0.25, 0.3) is 0 Å². The predicted octanol–water partition coefficient (Wildman–Crippen LogP) is 4.14. The fourth-order valence-corrected chi connectivity index (χ4v) is 4.82. The zero-order valence-electron chi connectivity index (χ0n) is 12.8. The quantitative estimate of drug-likeness (QED) is 0.705. The van der Waals surface area contributed by atoms with E-state index in [9.17, 15) is 13.2 Å². The van der Waals surface area contributed by atoms with E-state index in [0.717, 1.165) is 15.8 Å². The SMILES string of the molecule is Cc1nc(Oc2ccc(C(F)(F)F)cc2)c[c]([Sn]([CH3])([CH3])[CH3])n1. The predicted molar refractivity (Wildman–Crippen MR) is 81.3 cm³/mol. The molecule has 0 amide bonds. The van der Waals surface area contributed by atoms with Crippen molar-refractivity contribution >= 4 is 22.1 Å². The van der Waals surface area contributed by atoms with Gasteiger partial charge in [-0.1, -0.05) is 0 Å². The molecule has 0 unspecified atom stereocenters. The first-order valence-electron chi connectivity index (χ1n) is 6.77. The molecule has 3 nitrogen and oxygen atoms in total. The van der Waals surface area contributed by atoms with E-state index in [1.807, 2.05) is 0 Å². The summed E-state index contributed by atoms with van der Waals surface area (Å²) >= 11 is -2.37. The van der Waals surface area contributed by atoms with Crippen molar-refractivity contribution < 1.29 is 17.9 Å². The Bertz CT molecular complexity index is 664. The zero-order valence-corrected chi connectivity index (χ0v) is 15.7. The van der Waals surface area contributed by atoms with Crippen LogP contribution in [0.5, 0.6) is 11.6 Å². The second kappa shape index (κ2) is 6.06. The van der Waals surface area contributed by atoms with E-state index in [2.05, 4.69) is 24.8 Å². The van der Waals surface area contributed by atoms with Crippen molar-refractivity contribution in [2.24, 2.45) is 0 Å². The van der Waals surface area contributed by atoms with Gasteiger partial charge in [-0.05, 0) is 0 Å². The summed E-state index contributed by atoms with van der Waals surface area (Å²) in [5.74, 6) is 1.29. The fraction of sp³-hybridized carbons (Fsp3) is 0.333. The Labute approximate surface area is 131 Å². The van der Waals surface area contributed by atoms with Crippen molar-refractivity contribution in [1.29, 1.82) is 0 Å². The molecule has 1 heterocycles. The summed E-state index contributed by atoms with van der Waals surface area (Å²) in [5, 5.41) is 0. The minimum atomic E-state index is -4.35. The molecule has 118 valence electrons. The van der Waals surface area contributed by atoms with Gasteiger partial charge in [-0.15, -0.1) is 0 Å². The molecule has 2 aromatic rings. The van der Waals surface area contributed by atoms with Gasteiger partial charge in [-0.25, -0.2) is 0 Å².